The lowest BCUT2D eigenvalue weighted by Gasteiger charge is -2.14. The maximum atomic E-state index is 5.87. The molecule has 18 heavy (non-hydrogen) atoms. The second kappa shape index (κ2) is 6.00. The first-order valence-corrected chi connectivity index (χ1v) is 6.71. The molecule has 98 valence electrons. The molecular formula is C12H18ClN5. The van der Waals surface area contributed by atoms with Crippen LogP contribution in [0.15, 0.2) is 6.33 Å². The number of hydrogen-bond donors (Lipinski definition) is 2. The fraction of sp³-hybridized carbons (Fsp3) is 0.583. The van der Waals surface area contributed by atoms with Gasteiger partial charge in [0.2, 0.25) is 5.28 Å². The van der Waals surface area contributed by atoms with Crippen LogP contribution in [0.1, 0.15) is 39.5 Å². The van der Waals surface area contributed by atoms with E-state index in [1.807, 2.05) is 0 Å². The first-order valence-electron chi connectivity index (χ1n) is 6.34. The summed E-state index contributed by atoms with van der Waals surface area (Å²) in [7, 11) is 0. The highest BCUT2D eigenvalue weighted by atomic mass is 35.5. The molecule has 0 saturated heterocycles. The maximum absolute atomic E-state index is 5.87. The van der Waals surface area contributed by atoms with Gasteiger partial charge in [-0.25, -0.2) is 4.98 Å². The van der Waals surface area contributed by atoms with Gasteiger partial charge in [0.1, 0.15) is 5.52 Å². The summed E-state index contributed by atoms with van der Waals surface area (Å²) in [6.45, 7) is 4.35. The van der Waals surface area contributed by atoms with E-state index in [2.05, 4.69) is 39.1 Å². The van der Waals surface area contributed by atoms with Crippen molar-refractivity contribution in [2.75, 3.05) is 5.32 Å². The minimum Gasteiger partial charge on any atom is -0.366 e. The highest BCUT2D eigenvalue weighted by molar-refractivity contribution is 6.28. The van der Waals surface area contributed by atoms with Crippen LogP contribution in [0.25, 0.3) is 11.2 Å². The molecule has 0 aromatic carbocycles. The molecule has 0 aliphatic rings. The average molecular weight is 268 g/mol. The van der Waals surface area contributed by atoms with Crippen molar-refractivity contribution in [3.8, 4) is 0 Å². The molecule has 0 saturated carbocycles. The summed E-state index contributed by atoms with van der Waals surface area (Å²) in [5.41, 5.74) is 1.40. The van der Waals surface area contributed by atoms with Gasteiger partial charge in [-0.1, -0.05) is 26.2 Å². The molecule has 2 heterocycles. The molecule has 2 aromatic rings. The molecule has 1 unspecified atom stereocenters. The van der Waals surface area contributed by atoms with Gasteiger partial charge < -0.3 is 10.3 Å². The zero-order valence-corrected chi connectivity index (χ0v) is 11.5. The number of nitrogens with zero attached hydrogens (tertiary/aromatic N) is 3. The van der Waals surface area contributed by atoms with E-state index < -0.39 is 0 Å². The average Bonchev–Trinajstić information content (AvgIpc) is 2.77. The topological polar surface area (TPSA) is 66.5 Å². The van der Waals surface area contributed by atoms with Crippen LogP contribution >= 0.6 is 11.6 Å². The molecule has 0 bridgehead atoms. The maximum Gasteiger partial charge on any atom is 0.226 e. The molecule has 1 atom stereocenters. The minimum atomic E-state index is 0.220. The molecular weight excluding hydrogens is 250 g/mol. The first-order chi connectivity index (χ1) is 8.70. The molecule has 0 amide bonds. The zero-order valence-electron chi connectivity index (χ0n) is 10.7. The molecule has 0 aliphatic heterocycles. The molecule has 5 nitrogen and oxygen atoms in total. The van der Waals surface area contributed by atoms with Gasteiger partial charge in [0.15, 0.2) is 11.5 Å². The van der Waals surface area contributed by atoms with Gasteiger partial charge in [0.05, 0.1) is 6.33 Å². The van der Waals surface area contributed by atoms with Crippen LogP contribution in [-0.4, -0.2) is 26.0 Å². The number of aromatic amines is 1. The quantitative estimate of drug-likeness (QED) is 0.622. The standard InChI is InChI=1S/C12H18ClN5/c1-3-4-5-6-8(2)16-11-9-10(15-7-14-9)17-12(13)18-11/h7-8H,3-6H2,1-2H3,(H2,14,15,16,17,18). The number of aromatic nitrogens is 4. The Labute approximate surface area is 111 Å². The highest BCUT2D eigenvalue weighted by Crippen LogP contribution is 2.20. The van der Waals surface area contributed by atoms with E-state index in [0.29, 0.717) is 11.7 Å². The Kier molecular flexibility index (Phi) is 4.36. The summed E-state index contributed by atoms with van der Waals surface area (Å²) in [6, 6.07) is 0.356. The molecule has 2 rings (SSSR count). The van der Waals surface area contributed by atoms with Gasteiger partial charge in [0, 0.05) is 6.04 Å². The molecule has 6 heteroatoms. The molecule has 0 spiro atoms. The SMILES string of the molecule is CCCCCC(C)Nc1nc(Cl)nc2nc[nH]c12. The predicted octanol–water partition coefficient (Wildman–Crippen LogP) is 3.39. The van der Waals surface area contributed by atoms with E-state index >= 15 is 0 Å². The number of hydrogen-bond acceptors (Lipinski definition) is 4. The second-order valence-corrected chi connectivity index (χ2v) is 4.82. The molecule has 2 N–H and O–H groups in total. The van der Waals surface area contributed by atoms with E-state index in [4.69, 9.17) is 11.6 Å². The largest absolute Gasteiger partial charge is 0.366 e. The van der Waals surface area contributed by atoms with Gasteiger partial charge in [-0.2, -0.15) is 9.97 Å². The lowest BCUT2D eigenvalue weighted by atomic mass is 10.1. The van der Waals surface area contributed by atoms with Gasteiger partial charge in [-0.3, -0.25) is 0 Å². The van der Waals surface area contributed by atoms with Crippen molar-refractivity contribution in [2.45, 2.75) is 45.6 Å². The third-order valence-corrected chi connectivity index (χ3v) is 3.05. The third-order valence-electron chi connectivity index (χ3n) is 2.88. The number of halogens is 1. The fourth-order valence-electron chi connectivity index (χ4n) is 1.92. The van der Waals surface area contributed by atoms with E-state index in [1.165, 1.54) is 19.3 Å². The molecule has 0 radical (unpaired) electrons. The molecule has 0 fully saturated rings. The van der Waals surface area contributed by atoms with Crippen molar-refractivity contribution in [2.24, 2.45) is 0 Å². The summed E-state index contributed by atoms with van der Waals surface area (Å²) in [5, 5.41) is 3.58. The lowest BCUT2D eigenvalue weighted by molar-refractivity contribution is 0.614. The van der Waals surface area contributed by atoms with Crippen molar-refractivity contribution in [3.63, 3.8) is 0 Å². The Bertz CT molecular complexity index is 510. The zero-order chi connectivity index (χ0) is 13.0. The Morgan fingerprint density at radius 1 is 1.39 bits per heavy atom. The molecule has 0 aliphatic carbocycles. The highest BCUT2D eigenvalue weighted by Gasteiger charge is 2.11. The van der Waals surface area contributed by atoms with Crippen molar-refractivity contribution in [1.82, 2.24) is 19.9 Å². The van der Waals surface area contributed by atoms with Crippen molar-refractivity contribution < 1.29 is 0 Å². The van der Waals surface area contributed by atoms with Crippen LogP contribution in [-0.2, 0) is 0 Å². The van der Waals surface area contributed by atoms with Crippen LogP contribution in [0.3, 0.4) is 0 Å². The van der Waals surface area contributed by atoms with E-state index in [0.717, 1.165) is 17.8 Å². The Hall–Kier alpha value is -1.36. The van der Waals surface area contributed by atoms with Gasteiger partial charge >= 0.3 is 0 Å². The summed E-state index contributed by atoms with van der Waals surface area (Å²) in [6.07, 6.45) is 6.43. The monoisotopic (exact) mass is 267 g/mol. The van der Waals surface area contributed by atoms with Crippen LogP contribution in [0, 0.1) is 0 Å². The predicted molar refractivity (Wildman–Crippen MR) is 73.9 cm³/mol. The van der Waals surface area contributed by atoms with Crippen LogP contribution in [0.4, 0.5) is 5.82 Å². The van der Waals surface area contributed by atoms with Gasteiger partial charge in [-0.05, 0) is 24.9 Å². The number of fused-ring (bicyclic) bond motifs is 1. The van der Waals surface area contributed by atoms with E-state index in [1.54, 1.807) is 6.33 Å². The smallest absolute Gasteiger partial charge is 0.226 e. The number of nitrogens with one attached hydrogen (secondary N) is 2. The number of imidazole rings is 1. The van der Waals surface area contributed by atoms with Crippen molar-refractivity contribution >= 4 is 28.6 Å². The summed E-state index contributed by atoms with van der Waals surface area (Å²) < 4.78 is 0. The normalized spacial score (nSPS) is 12.8. The van der Waals surface area contributed by atoms with E-state index in [-0.39, 0.29) is 5.28 Å². The van der Waals surface area contributed by atoms with Crippen molar-refractivity contribution in [3.05, 3.63) is 11.6 Å². The van der Waals surface area contributed by atoms with Gasteiger partial charge in [-0.15, -0.1) is 0 Å². The van der Waals surface area contributed by atoms with Crippen LogP contribution < -0.4 is 5.32 Å². The third kappa shape index (κ3) is 3.10. The van der Waals surface area contributed by atoms with Crippen LogP contribution in [0.5, 0.6) is 0 Å². The Balaban J connectivity index is 2.08. The van der Waals surface area contributed by atoms with E-state index in [9.17, 15) is 0 Å². The van der Waals surface area contributed by atoms with Crippen molar-refractivity contribution in [1.29, 1.82) is 0 Å². The fourth-order valence-corrected chi connectivity index (χ4v) is 2.08. The number of H-pyrrole nitrogens is 1. The summed E-state index contributed by atoms with van der Waals surface area (Å²) in [5.74, 6) is 0.728. The summed E-state index contributed by atoms with van der Waals surface area (Å²) >= 11 is 5.87. The molecule has 2 aromatic heterocycles. The lowest BCUT2D eigenvalue weighted by Crippen LogP contribution is -2.16. The Morgan fingerprint density at radius 2 is 2.22 bits per heavy atom. The Morgan fingerprint density at radius 3 is 3.00 bits per heavy atom. The van der Waals surface area contributed by atoms with Crippen LogP contribution in [0.2, 0.25) is 5.28 Å². The first kappa shape index (κ1) is 13.1. The number of unbranched alkanes of at least 4 members (excludes halogenated alkanes) is 2. The number of rotatable bonds is 6. The summed E-state index contributed by atoms with van der Waals surface area (Å²) in [4.78, 5) is 15.4. The second-order valence-electron chi connectivity index (χ2n) is 4.48. The minimum absolute atomic E-state index is 0.220. The number of anilines is 1. The van der Waals surface area contributed by atoms with Gasteiger partial charge in [0.25, 0.3) is 0 Å².